The summed E-state index contributed by atoms with van der Waals surface area (Å²) in [6, 6.07) is 6.05. The maximum atomic E-state index is 5.23. The van der Waals surface area contributed by atoms with Crippen LogP contribution in [0.5, 0.6) is 5.75 Å². The lowest BCUT2D eigenvalue weighted by Gasteiger charge is -2.18. The fourth-order valence-corrected chi connectivity index (χ4v) is 2.20. The zero-order valence-electron chi connectivity index (χ0n) is 11.5. The number of nitrogens with one attached hydrogen (secondary N) is 1. The topological polar surface area (TPSA) is 24.5 Å². The van der Waals surface area contributed by atoms with Crippen molar-refractivity contribution in [3.63, 3.8) is 0 Å². The van der Waals surface area contributed by atoms with Crippen LogP contribution < -0.4 is 10.1 Å². The van der Waals surface area contributed by atoms with Gasteiger partial charge in [0, 0.05) is 24.1 Å². The van der Waals surface area contributed by atoms with Gasteiger partial charge in [-0.05, 0) is 36.9 Å². The summed E-state index contributed by atoms with van der Waals surface area (Å²) in [5.74, 6) is 0.902. The molecule has 0 aliphatic rings. The molecule has 0 spiro atoms. The van der Waals surface area contributed by atoms with Gasteiger partial charge in [0.15, 0.2) is 0 Å². The van der Waals surface area contributed by atoms with Gasteiger partial charge in [0.1, 0.15) is 5.75 Å². The van der Waals surface area contributed by atoms with E-state index in [1.54, 1.807) is 7.11 Å². The highest BCUT2D eigenvalue weighted by molar-refractivity contribution is 9.10. The lowest BCUT2D eigenvalue weighted by molar-refractivity contribution is 0.302. The minimum atomic E-state index is 0.860. The van der Waals surface area contributed by atoms with E-state index in [1.165, 1.54) is 5.56 Å². The molecule has 1 rings (SSSR count). The van der Waals surface area contributed by atoms with Crippen molar-refractivity contribution < 1.29 is 4.74 Å². The summed E-state index contributed by atoms with van der Waals surface area (Å²) in [6.45, 7) is 9.57. The second-order valence-electron chi connectivity index (χ2n) is 4.16. The molecule has 0 aliphatic carbocycles. The molecule has 0 atom stereocenters. The largest absolute Gasteiger partial charge is 0.497 e. The summed E-state index contributed by atoms with van der Waals surface area (Å²) in [5, 5.41) is 3.47. The van der Waals surface area contributed by atoms with Gasteiger partial charge in [-0.25, -0.2) is 0 Å². The number of nitrogens with zero attached hydrogens (tertiary/aromatic N) is 1. The molecule has 0 aliphatic heterocycles. The summed E-state index contributed by atoms with van der Waals surface area (Å²) in [6.07, 6.45) is 0. The average molecular weight is 315 g/mol. The van der Waals surface area contributed by atoms with E-state index in [0.717, 1.165) is 42.9 Å². The number of ether oxygens (including phenoxy) is 1. The van der Waals surface area contributed by atoms with Gasteiger partial charge in [-0.15, -0.1) is 0 Å². The summed E-state index contributed by atoms with van der Waals surface area (Å²) >= 11 is 3.56. The van der Waals surface area contributed by atoms with Crippen LogP contribution in [0.25, 0.3) is 0 Å². The molecule has 0 amide bonds. The third-order valence-corrected chi connectivity index (χ3v) is 3.84. The maximum absolute atomic E-state index is 5.23. The second kappa shape index (κ2) is 8.51. The van der Waals surface area contributed by atoms with Crippen LogP contribution in [-0.2, 0) is 6.54 Å². The van der Waals surface area contributed by atoms with Crippen molar-refractivity contribution >= 4 is 15.9 Å². The van der Waals surface area contributed by atoms with Crippen LogP contribution in [0.1, 0.15) is 19.4 Å². The number of rotatable bonds is 8. The first kappa shape index (κ1) is 15.5. The molecule has 102 valence electrons. The number of hydrogen-bond acceptors (Lipinski definition) is 3. The molecule has 0 unspecified atom stereocenters. The molecule has 0 heterocycles. The number of methoxy groups -OCH3 is 1. The van der Waals surface area contributed by atoms with Crippen LogP contribution in [0.2, 0.25) is 0 Å². The summed E-state index contributed by atoms with van der Waals surface area (Å²) < 4.78 is 6.36. The van der Waals surface area contributed by atoms with E-state index in [1.807, 2.05) is 12.1 Å². The molecule has 4 heteroatoms. The van der Waals surface area contributed by atoms with Crippen molar-refractivity contribution in [1.29, 1.82) is 0 Å². The highest BCUT2D eigenvalue weighted by Gasteiger charge is 2.02. The molecule has 0 saturated heterocycles. The van der Waals surface area contributed by atoms with Crippen LogP contribution in [0, 0.1) is 0 Å². The number of halogens is 1. The summed E-state index contributed by atoms with van der Waals surface area (Å²) in [7, 11) is 1.70. The van der Waals surface area contributed by atoms with Gasteiger partial charge >= 0.3 is 0 Å². The van der Waals surface area contributed by atoms with Crippen molar-refractivity contribution in [1.82, 2.24) is 10.2 Å². The molecule has 0 saturated carbocycles. The minimum Gasteiger partial charge on any atom is -0.497 e. The molecule has 0 fully saturated rings. The quantitative estimate of drug-likeness (QED) is 0.747. The van der Waals surface area contributed by atoms with Gasteiger partial charge < -0.3 is 15.0 Å². The smallest absolute Gasteiger partial charge is 0.119 e. The van der Waals surface area contributed by atoms with Crippen LogP contribution in [0.4, 0.5) is 0 Å². The van der Waals surface area contributed by atoms with Crippen molar-refractivity contribution in [3.05, 3.63) is 28.2 Å². The Bertz CT molecular complexity index is 354. The Balaban J connectivity index is 2.39. The van der Waals surface area contributed by atoms with Crippen LogP contribution in [-0.4, -0.2) is 38.2 Å². The molecule has 1 aromatic carbocycles. The predicted octanol–water partition coefficient (Wildman–Crippen LogP) is 2.89. The molecule has 1 N–H and O–H groups in total. The maximum Gasteiger partial charge on any atom is 0.119 e. The Hall–Kier alpha value is -0.580. The van der Waals surface area contributed by atoms with E-state index in [4.69, 9.17) is 4.74 Å². The van der Waals surface area contributed by atoms with Gasteiger partial charge in [0.25, 0.3) is 0 Å². The van der Waals surface area contributed by atoms with E-state index in [-0.39, 0.29) is 0 Å². The highest BCUT2D eigenvalue weighted by Crippen LogP contribution is 2.22. The van der Waals surface area contributed by atoms with E-state index in [9.17, 15) is 0 Å². The van der Waals surface area contributed by atoms with Crippen molar-refractivity contribution in [3.8, 4) is 5.75 Å². The second-order valence-corrected chi connectivity index (χ2v) is 5.02. The van der Waals surface area contributed by atoms with Gasteiger partial charge in [0.05, 0.1) is 7.11 Å². The zero-order valence-corrected chi connectivity index (χ0v) is 13.1. The minimum absolute atomic E-state index is 0.860. The molecule has 3 nitrogen and oxygen atoms in total. The van der Waals surface area contributed by atoms with Gasteiger partial charge in [0.2, 0.25) is 0 Å². The normalized spacial score (nSPS) is 10.9. The van der Waals surface area contributed by atoms with Gasteiger partial charge in [-0.3, -0.25) is 0 Å². The lowest BCUT2D eigenvalue weighted by Crippen LogP contribution is -2.31. The molecule has 0 bridgehead atoms. The third kappa shape index (κ3) is 4.96. The standard InChI is InChI=1S/C14H23BrN2O/c1-4-17(5-2)9-8-16-11-12-10-13(18-3)6-7-14(12)15/h6-7,10,16H,4-5,8-9,11H2,1-3H3. The average Bonchev–Trinajstić information content (AvgIpc) is 2.41. The Kier molecular flexibility index (Phi) is 7.32. The van der Waals surface area contributed by atoms with E-state index in [2.05, 4.69) is 46.1 Å². The Morgan fingerprint density at radius 3 is 2.61 bits per heavy atom. The molecule has 18 heavy (non-hydrogen) atoms. The first-order valence-electron chi connectivity index (χ1n) is 6.46. The number of hydrogen-bond donors (Lipinski definition) is 1. The van der Waals surface area contributed by atoms with E-state index in [0.29, 0.717) is 0 Å². The molecular weight excluding hydrogens is 292 g/mol. The van der Waals surface area contributed by atoms with Crippen molar-refractivity contribution in [2.75, 3.05) is 33.3 Å². The molecular formula is C14H23BrN2O. The first-order valence-corrected chi connectivity index (χ1v) is 7.26. The summed E-state index contributed by atoms with van der Waals surface area (Å²) in [5.41, 5.74) is 1.23. The Labute approximate surface area is 119 Å². The Morgan fingerprint density at radius 2 is 2.00 bits per heavy atom. The van der Waals surface area contributed by atoms with Crippen LogP contribution in [0.3, 0.4) is 0 Å². The fourth-order valence-electron chi connectivity index (χ4n) is 1.81. The molecule has 0 aromatic heterocycles. The Morgan fingerprint density at radius 1 is 1.28 bits per heavy atom. The van der Waals surface area contributed by atoms with E-state index >= 15 is 0 Å². The third-order valence-electron chi connectivity index (χ3n) is 3.07. The highest BCUT2D eigenvalue weighted by atomic mass is 79.9. The van der Waals surface area contributed by atoms with Crippen LogP contribution in [0.15, 0.2) is 22.7 Å². The lowest BCUT2D eigenvalue weighted by atomic mass is 10.2. The fraction of sp³-hybridized carbons (Fsp3) is 0.571. The van der Waals surface area contributed by atoms with Gasteiger partial charge in [-0.2, -0.15) is 0 Å². The zero-order chi connectivity index (χ0) is 13.4. The number of likely N-dealkylation sites (N-methyl/N-ethyl adjacent to an activating group) is 1. The van der Waals surface area contributed by atoms with Crippen molar-refractivity contribution in [2.24, 2.45) is 0 Å². The van der Waals surface area contributed by atoms with E-state index < -0.39 is 0 Å². The van der Waals surface area contributed by atoms with Crippen LogP contribution >= 0.6 is 15.9 Å². The molecule has 0 radical (unpaired) electrons. The first-order chi connectivity index (χ1) is 8.71. The molecule has 1 aromatic rings. The predicted molar refractivity (Wildman–Crippen MR) is 80.2 cm³/mol. The number of benzene rings is 1. The monoisotopic (exact) mass is 314 g/mol. The summed E-state index contributed by atoms with van der Waals surface area (Å²) in [4.78, 5) is 2.41. The van der Waals surface area contributed by atoms with Gasteiger partial charge in [-0.1, -0.05) is 29.8 Å². The SMILES string of the molecule is CCN(CC)CCNCc1cc(OC)ccc1Br. The van der Waals surface area contributed by atoms with Crippen molar-refractivity contribution in [2.45, 2.75) is 20.4 Å².